The molecule has 1 saturated carbocycles. The van der Waals surface area contributed by atoms with E-state index in [-0.39, 0.29) is 5.91 Å². The fourth-order valence-corrected chi connectivity index (χ4v) is 4.25. The van der Waals surface area contributed by atoms with Gasteiger partial charge in [0.2, 0.25) is 5.91 Å². The lowest BCUT2D eigenvalue weighted by molar-refractivity contribution is -0.122. The molecule has 1 aliphatic rings. The van der Waals surface area contributed by atoms with Gasteiger partial charge in [-0.1, -0.05) is 56.5 Å². The second-order valence-electron chi connectivity index (χ2n) is 6.34. The molecule has 0 unspecified atom stereocenters. The highest BCUT2D eigenvalue weighted by Gasteiger charge is 2.27. The molecule has 22 heavy (non-hydrogen) atoms. The van der Waals surface area contributed by atoms with Gasteiger partial charge in [-0.2, -0.15) is 11.8 Å². The smallest absolute Gasteiger partial charge is 0.221 e. The van der Waals surface area contributed by atoms with Crippen LogP contribution in [0.2, 0.25) is 5.02 Å². The summed E-state index contributed by atoms with van der Waals surface area (Å²) in [6.45, 7) is 4.56. The van der Waals surface area contributed by atoms with Gasteiger partial charge in [0.25, 0.3) is 0 Å². The normalized spacial score (nSPS) is 25.0. The quantitative estimate of drug-likeness (QED) is 0.746. The molecule has 0 heterocycles. The maximum atomic E-state index is 12.1. The summed E-state index contributed by atoms with van der Waals surface area (Å²) in [5.74, 6) is 3.21. The lowest BCUT2D eigenvalue weighted by atomic mass is 9.78. The lowest BCUT2D eigenvalue weighted by Crippen LogP contribution is -2.43. The van der Waals surface area contributed by atoms with E-state index in [2.05, 4.69) is 19.2 Å². The van der Waals surface area contributed by atoms with Gasteiger partial charge in [-0.05, 0) is 29.9 Å². The summed E-state index contributed by atoms with van der Waals surface area (Å²) >= 11 is 7.90. The summed E-state index contributed by atoms with van der Waals surface area (Å²) in [4.78, 5) is 12.1. The van der Waals surface area contributed by atoms with Crippen molar-refractivity contribution in [1.29, 1.82) is 0 Å². The van der Waals surface area contributed by atoms with Crippen LogP contribution in [0, 0.1) is 11.8 Å². The first-order chi connectivity index (χ1) is 10.6. The highest BCUT2D eigenvalue weighted by atomic mass is 35.5. The molecule has 0 spiro atoms. The van der Waals surface area contributed by atoms with Crippen LogP contribution in [0.1, 0.15) is 45.1 Å². The van der Waals surface area contributed by atoms with E-state index in [1.54, 1.807) is 11.8 Å². The highest BCUT2D eigenvalue weighted by Crippen LogP contribution is 2.29. The fraction of sp³-hybridized carbons (Fsp3) is 0.611. The summed E-state index contributed by atoms with van der Waals surface area (Å²) in [6, 6.07) is 8.26. The molecular weight excluding hydrogens is 314 g/mol. The van der Waals surface area contributed by atoms with Crippen LogP contribution < -0.4 is 5.32 Å². The molecule has 1 amide bonds. The number of carbonyl (C=O) groups excluding carboxylic acids is 1. The van der Waals surface area contributed by atoms with Crippen molar-refractivity contribution in [2.75, 3.05) is 5.75 Å². The van der Waals surface area contributed by atoms with Crippen LogP contribution in [0.15, 0.2) is 24.3 Å². The van der Waals surface area contributed by atoms with Crippen molar-refractivity contribution in [3.05, 3.63) is 34.9 Å². The molecule has 0 bridgehead atoms. The van der Waals surface area contributed by atoms with Gasteiger partial charge in [0.05, 0.1) is 0 Å². The Hall–Kier alpha value is -0.670. The molecule has 1 N–H and O–H groups in total. The van der Waals surface area contributed by atoms with Crippen LogP contribution in [0.4, 0.5) is 0 Å². The van der Waals surface area contributed by atoms with E-state index in [0.717, 1.165) is 28.5 Å². The lowest BCUT2D eigenvalue weighted by Gasteiger charge is -2.34. The third-order valence-electron chi connectivity index (χ3n) is 4.74. The standard InChI is InChI=1S/C18H26ClNOS/c1-13-6-5-9-17(14(13)2)20-18(21)10-11-22-12-15-7-3-4-8-16(15)19/h3-4,7-8,13-14,17H,5-6,9-12H2,1-2H3,(H,20,21)/t13-,14+,17-/m1/s1. The molecule has 1 fully saturated rings. The first-order valence-electron chi connectivity index (χ1n) is 8.18. The maximum absolute atomic E-state index is 12.1. The van der Waals surface area contributed by atoms with Crippen molar-refractivity contribution in [3.8, 4) is 0 Å². The fourth-order valence-electron chi connectivity index (χ4n) is 3.03. The van der Waals surface area contributed by atoms with E-state index in [1.165, 1.54) is 12.8 Å². The Morgan fingerprint density at radius 1 is 1.32 bits per heavy atom. The van der Waals surface area contributed by atoms with E-state index in [9.17, 15) is 4.79 Å². The number of carbonyl (C=O) groups is 1. The van der Waals surface area contributed by atoms with Crippen LogP contribution in [0.5, 0.6) is 0 Å². The molecule has 0 radical (unpaired) electrons. The molecule has 2 rings (SSSR count). The second kappa shape index (κ2) is 8.83. The molecule has 1 aromatic rings. The number of hydrogen-bond acceptors (Lipinski definition) is 2. The zero-order chi connectivity index (χ0) is 15.9. The monoisotopic (exact) mass is 339 g/mol. The van der Waals surface area contributed by atoms with E-state index in [0.29, 0.717) is 24.3 Å². The van der Waals surface area contributed by atoms with Gasteiger partial charge >= 0.3 is 0 Å². The molecule has 0 aromatic heterocycles. The van der Waals surface area contributed by atoms with Crippen LogP contribution in [-0.4, -0.2) is 17.7 Å². The minimum Gasteiger partial charge on any atom is -0.353 e. The summed E-state index contributed by atoms with van der Waals surface area (Å²) in [5, 5.41) is 4.04. The summed E-state index contributed by atoms with van der Waals surface area (Å²) in [7, 11) is 0. The van der Waals surface area contributed by atoms with Crippen molar-refractivity contribution in [2.45, 2.75) is 51.3 Å². The van der Waals surface area contributed by atoms with E-state index in [4.69, 9.17) is 11.6 Å². The van der Waals surface area contributed by atoms with Crippen molar-refractivity contribution in [3.63, 3.8) is 0 Å². The molecule has 4 heteroatoms. The number of rotatable bonds is 6. The van der Waals surface area contributed by atoms with Crippen LogP contribution in [0.3, 0.4) is 0 Å². The zero-order valence-corrected chi connectivity index (χ0v) is 15.1. The highest BCUT2D eigenvalue weighted by molar-refractivity contribution is 7.98. The number of halogens is 1. The summed E-state index contributed by atoms with van der Waals surface area (Å²) < 4.78 is 0. The Balaban J connectivity index is 1.67. The van der Waals surface area contributed by atoms with Gasteiger partial charge in [0.1, 0.15) is 0 Å². The van der Waals surface area contributed by atoms with Crippen molar-refractivity contribution < 1.29 is 4.79 Å². The van der Waals surface area contributed by atoms with E-state index < -0.39 is 0 Å². The minimum absolute atomic E-state index is 0.192. The number of nitrogens with one attached hydrogen (secondary N) is 1. The molecular formula is C18H26ClNOS. The second-order valence-corrected chi connectivity index (χ2v) is 7.85. The molecule has 0 aliphatic heterocycles. The van der Waals surface area contributed by atoms with Crippen LogP contribution >= 0.6 is 23.4 Å². The van der Waals surface area contributed by atoms with Gasteiger partial charge in [-0.3, -0.25) is 4.79 Å². The van der Waals surface area contributed by atoms with Crippen molar-refractivity contribution in [2.24, 2.45) is 11.8 Å². The molecule has 3 atom stereocenters. The molecule has 1 aliphatic carbocycles. The van der Waals surface area contributed by atoms with Crippen LogP contribution in [0.25, 0.3) is 0 Å². The summed E-state index contributed by atoms with van der Waals surface area (Å²) in [5.41, 5.74) is 1.14. The number of amides is 1. The topological polar surface area (TPSA) is 29.1 Å². The summed E-state index contributed by atoms with van der Waals surface area (Å²) in [6.07, 6.45) is 4.25. The number of thioether (sulfide) groups is 1. The predicted octanol–water partition coefficient (Wildman–Crippen LogP) is 4.90. The zero-order valence-electron chi connectivity index (χ0n) is 13.5. The molecule has 1 aromatic carbocycles. The maximum Gasteiger partial charge on any atom is 0.221 e. The van der Waals surface area contributed by atoms with E-state index >= 15 is 0 Å². The van der Waals surface area contributed by atoms with Crippen molar-refractivity contribution >= 4 is 29.3 Å². The average molecular weight is 340 g/mol. The third kappa shape index (κ3) is 5.20. The molecule has 0 saturated heterocycles. The minimum atomic E-state index is 0.192. The molecule has 2 nitrogen and oxygen atoms in total. The Morgan fingerprint density at radius 2 is 2.09 bits per heavy atom. The number of benzene rings is 1. The average Bonchev–Trinajstić information content (AvgIpc) is 2.50. The Bertz CT molecular complexity index is 494. The van der Waals surface area contributed by atoms with Crippen molar-refractivity contribution in [1.82, 2.24) is 5.32 Å². The first-order valence-corrected chi connectivity index (χ1v) is 9.71. The Kier molecular flexibility index (Phi) is 7.10. The number of hydrogen-bond donors (Lipinski definition) is 1. The Morgan fingerprint density at radius 3 is 2.86 bits per heavy atom. The third-order valence-corrected chi connectivity index (χ3v) is 6.12. The van der Waals surface area contributed by atoms with E-state index in [1.807, 2.05) is 24.3 Å². The largest absolute Gasteiger partial charge is 0.353 e. The SMILES string of the molecule is C[C@H]1[C@H](C)CCC[C@H]1NC(=O)CCSCc1ccccc1Cl. The Labute approximate surface area is 143 Å². The predicted molar refractivity (Wildman–Crippen MR) is 96.3 cm³/mol. The van der Waals surface area contributed by atoms with Gasteiger partial charge in [0.15, 0.2) is 0 Å². The van der Waals surface area contributed by atoms with Gasteiger partial charge in [-0.15, -0.1) is 0 Å². The van der Waals surface area contributed by atoms with Gasteiger partial charge in [0, 0.05) is 29.0 Å². The van der Waals surface area contributed by atoms with Gasteiger partial charge < -0.3 is 5.32 Å². The first kappa shape index (κ1) is 17.7. The van der Waals surface area contributed by atoms with Crippen LogP contribution in [-0.2, 0) is 10.5 Å². The molecule has 122 valence electrons. The van der Waals surface area contributed by atoms with Gasteiger partial charge in [-0.25, -0.2) is 0 Å².